The fourth-order valence-electron chi connectivity index (χ4n) is 4.64. The number of nitrogens with two attached hydrogens (primary N) is 3. The monoisotopic (exact) mass is 371 g/mol. The summed E-state index contributed by atoms with van der Waals surface area (Å²) in [6.07, 6.45) is 10.5. The molecule has 4 heteroatoms. The summed E-state index contributed by atoms with van der Waals surface area (Å²) < 4.78 is 0. The van der Waals surface area contributed by atoms with Crippen LogP contribution in [0.3, 0.4) is 0 Å². The molecule has 25 heavy (non-hydrogen) atoms. The van der Waals surface area contributed by atoms with Crippen molar-refractivity contribution in [3.05, 3.63) is 0 Å². The Kier molecular flexibility index (Phi) is 11.0. The van der Waals surface area contributed by atoms with E-state index in [1.54, 1.807) is 0 Å². The summed E-state index contributed by atoms with van der Waals surface area (Å²) in [6, 6.07) is 1.22. The maximum absolute atomic E-state index is 6.10. The lowest BCUT2D eigenvalue weighted by atomic mass is 9.71. The van der Waals surface area contributed by atoms with E-state index in [-0.39, 0.29) is 0 Å². The SMILES string of the molecule is CC(C)C[C@H](N)CS.CC1CC(CC2CCC(N)C(C)C2)CCC1N. The third-order valence-corrected chi connectivity index (χ3v) is 6.83. The second-order valence-corrected chi connectivity index (χ2v) is 9.81. The molecule has 150 valence electrons. The lowest BCUT2D eigenvalue weighted by Crippen LogP contribution is -2.37. The molecular weight excluding hydrogens is 326 g/mol. The van der Waals surface area contributed by atoms with Gasteiger partial charge in [-0.2, -0.15) is 12.6 Å². The van der Waals surface area contributed by atoms with Crippen LogP contribution in [-0.2, 0) is 0 Å². The van der Waals surface area contributed by atoms with Gasteiger partial charge in [0.15, 0.2) is 0 Å². The molecule has 0 bridgehead atoms. The van der Waals surface area contributed by atoms with E-state index in [1.807, 2.05) is 0 Å². The van der Waals surface area contributed by atoms with Gasteiger partial charge in [-0.3, -0.25) is 0 Å². The summed E-state index contributed by atoms with van der Waals surface area (Å²) in [7, 11) is 0. The zero-order chi connectivity index (χ0) is 19.0. The van der Waals surface area contributed by atoms with Gasteiger partial charge >= 0.3 is 0 Å². The van der Waals surface area contributed by atoms with Crippen molar-refractivity contribution in [3.8, 4) is 0 Å². The van der Waals surface area contributed by atoms with Crippen LogP contribution in [0, 0.1) is 29.6 Å². The summed E-state index contributed by atoms with van der Waals surface area (Å²) in [5.41, 5.74) is 17.8. The lowest BCUT2D eigenvalue weighted by molar-refractivity contribution is 0.169. The summed E-state index contributed by atoms with van der Waals surface area (Å²) in [4.78, 5) is 0. The van der Waals surface area contributed by atoms with Gasteiger partial charge in [0.25, 0.3) is 0 Å². The van der Waals surface area contributed by atoms with Crippen molar-refractivity contribution in [1.29, 1.82) is 0 Å². The molecule has 0 aromatic rings. The smallest absolute Gasteiger partial charge is 0.0130 e. The Bertz CT molecular complexity index is 326. The van der Waals surface area contributed by atoms with E-state index in [0.717, 1.165) is 35.8 Å². The van der Waals surface area contributed by atoms with Crippen molar-refractivity contribution >= 4 is 12.6 Å². The van der Waals surface area contributed by atoms with Gasteiger partial charge < -0.3 is 17.2 Å². The Labute approximate surface area is 162 Å². The first kappa shape index (κ1) is 23.3. The Morgan fingerprint density at radius 2 is 1.32 bits per heavy atom. The molecule has 6 unspecified atom stereocenters. The molecule has 0 radical (unpaired) electrons. The summed E-state index contributed by atoms with van der Waals surface area (Å²) in [5.74, 6) is 4.86. The maximum Gasteiger partial charge on any atom is 0.0130 e. The molecular formula is C21H45N3S. The highest BCUT2D eigenvalue weighted by atomic mass is 32.1. The summed E-state index contributed by atoms with van der Waals surface area (Å²) >= 11 is 4.07. The molecule has 0 aromatic heterocycles. The molecule has 0 saturated heterocycles. The highest BCUT2D eigenvalue weighted by molar-refractivity contribution is 7.80. The van der Waals surface area contributed by atoms with Gasteiger partial charge in [0.05, 0.1) is 0 Å². The van der Waals surface area contributed by atoms with Gasteiger partial charge in [-0.05, 0) is 81.0 Å². The molecule has 0 amide bonds. The van der Waals surface area contributed by atoms with Crippen LogP contribution in [0.5, 0.6) is 0 Å². The second kappa shape index (κ2) is 11.8. The van der Waals surface area contributed by atoms with Crippen molar-refractivity contribution in [2.24, 2.45) is 46.8 Å². The lowest BCUT2D eigenvalue weighted by Gasteiger charge is -2.37. The fourth-order valence-corrected chi connectivity index (χ4v) is 4.79. The van der Waals surface area contributed by atoms with Gasteiger partial charge in [0, 0.05) is 23.9 Å². The predicted octanol–water partition coefficient (Wildman–Crippen LogP) is 4.19. The van der Waals surface area contributed by atoms with Crippen molar-refractivity contribution < 1.29 is 0 Å². The van der Waals surface area contributed by atoms with Gasteiger partial charge in [-0.25, -0.2) is 0 Å². The van der Waals surface area contributed by atoms with E-state index in [0.29, 0.717) is 24.0 Å². The van der Waals surface area contributed by atoms with Gasteiger partial charge in [0.1, 0.15) is 0 Å². The molecule has 2 rings (SSSR count). The molecule has 0 spiro atoms. The Morgan fingerprint density at radius 1 is 0.880 bits per heavy atom. The summed E-state index contributed by atoms with van der Waals surface area (Å²) in [6.45, 7) is 9.00. The van der Waals surface area contributed by atoms with Crippen LogP contribution in [0.25, 0.3) is 0 Å². The molecule has 2 saturated carbocycles. The molecule has 0 heterocycles. The van der Waals surface area contributed by atoms with E-state index in [1.165, 1.54) is 44.9 Å². The van der Waals surface area contributed by atoms with E-state index in [4.69, 9.17) is 17.2 Å². The first-order chi connectivity index (χ1) is 11.7. The third-order valence-electron chi connectivity index (χ3n) is 6.36. The average Bonchev–Trinajstić information content (AvgIpc) is 2.54. The van der Waals surface area contributed by atoms with Crippen LogP contribution < -0.4 is 17.2 Å². The van der Waals surface area contributed by atoms with E-state index >= 15 is 0 Å². The van der Waals surface area contributed by atoms with Crippen LogP contribution in [0.2, 0.25) is 0 Å². The topological polar surface area (TPSA) is 78.1 Å². The molecule has 0 aromatic carbocycles. The van der Waals surface area contributed by atoms with Crippen LogP contribution >= 0.6 is 12.6 Å². The second-order valence-electron chi connectivity index (χ2n) is 9.45. The van der Waals surface area contributed by atoms with Crippen molar-refractivity contribution in [2.75, 3.05) is 5.75 Å². The number of hydrogen-bond acceptors (Lipinski definition) is 4. The normalized spacial score (nSPS) is 37.3. The highest BCUT2D eigenvalue weighted by Gasteiger charge is 2.30. The highest BCUT2D eigenvalue weighted by Crippen LogP contribution is 2.38. The van der Waals surface area contributed by atoms with Gasteiger partial charge in [-0.1, -0.05) is 27.7 Å². The molecule has 2 aliphatic rings. The fraction of sp³-hybridized carbons (Fsp3) is 1.00. The van der Waals surface area contributed by atoms with Crippen molar-refractivity contribution in [3.63, 3.8) is 0 Å². The number of thiol groups is 1. The molecule has 3 nitrogen and oxygen atoms in total. The zero-order valence-corrected chi connectivity index (χ0v) is 18.1. The molecule has 6 N–H and O–H groups in total. The minimum Gasteiger partial charge on any atom is -0.327 e. The third kappa shape index (κ3) is 9.12. The minimum absolute atomic E-state index is 0.290. The van der Waals surface area contributed by atoms with Crippen molar-refractivity contribution in [1.82, 2.24) is 0 Å². The Balaban J connectivity index is 0.000000333. The minimum atomic E-state index is 0.290. The Morgan fingerprint density at radius 3 is 1.60 bits per heavy atom. The number of rotatable bonds is 5. The average molecular weight is 372 g/mol. The van der Waals surface area contributed by atoms with Gasteiger partial charge in [-0.15, -0.1) is 0 Å². The standard InChI is InChI=1S/C15H30N2.C6H15NS/c1-10-7-12(3-5-14(10)16)9-13-4-6-15(17)11(2)8-13;1-5(2)3-6(7)4-8/h10-15H,3-9,16-17H2,1-2H3;5-6,8H,3-4,7H2,1-2H3/t;6-/m.0/s1. The maximum atomic E-state index is 6.10. The van der Waals surface area contributed by atoms with Crippen LogP contribution in [-0.4, -0.2) is 23.9 Å². The first-order valence-corrected chi connectivity index (χ1v) is 11.2. The van der Waals surface area contributed by atoms with E-state index in [9.17, 15) is 0 Å². The van der Waals surface area contributed by atoms with E-state index < -0.39 is 0 Å². The van der Waals surface area contributed by atoms with Crippen molar-refractivity contribution in [2.45, 2.75) is 97.2 Å². The first-order valence-electron chi connectivity index (χ1n) is 10.6. The predicted molar refractivity (Wildman–Crippen MR) is 115 cm³/mol. The number of hydrogen-bond donors (Lipinski definition) is 4. The van der Waals surface area contributed by atoms with E-state index in [2.05, 4.69) is 40.3 Å². The zero-order valence-electron chi connectivity index (χ0n) is 17.2. The molecule has 7 atom stereocenters. The van der Waals surface area contributed by atoms with Crippen LogP contribution in [0.4, 0.5) is 0 Å². The van der Waals surface area contributed by atoms with Crippen LogP contribution in [0.1, 0.15) is 79.1 Å². The molecule has 0 aliphatic heterocycles. The van der Waals surface area contributed by atoms with Crippen LogP contribution in [0.15, 0.2) is 0 Å². The quantitative estimate of drug-likeness (QED) is 0.547. The molecule has 2 fully saturated rings. The largest absolute Gasteiger partial charge is 0.327 e. The summed E-state index contributed by atoms with van der Waals surface area (Å²) in [5, 5.41) is 0. The molecule has 2 aliphatic carbocycles. The Hall–Kier alpha value is 0.230. The van der Waals surface area contributed by atoms with Gasteiger partial charge in [0.2, 0.25) is 0 Å².